The van der Waals surface area contributed by atoms with Crippen LogP contribution in [0.25, 0.3) is 21.9 Å². The molecule has 74 valence electrons. The number of aromatic nitrogens is 3. The predicted octanol–water partition coefficient (Wildman–Crippen LogP) is 2.53. The number of aromatic amines is 2. The van der Waals surface area contributed by atoms with Crippen molar-refractivity contribution in [3.8, 4) is 0 Å². The number of benzene rings is 1. The molecule has 0 amide bonds. The van der Waals surface area contributed by atoms with Crippen LogP contribution in [0.3, 0.4) is 0 Å². The van der Waals surface area contributed by atoms with Gasteiger partial charge in [-0.1, -0.05) is 6.07 Å². The summed E-state index contributed by atoms with van der Waals surface area (Å²) < 4.78 is 0. The molecular formula is C12H11N3. The summed E-state index contributed by atoms with van der Waals surface area (Å²) in [7, 11) is 0. The van der Waals surface area contributed by atoms with Crippen molar-refractivity contribution in [2.24, 2.45) is 0 Å². The number of fused-ring (bicyclic) bond motifs is 5. The van der Waals surface area contributed by atoms with Gasteiger partial charge in [-0.2, -0.15) is 0 Å². The Labute approximate surface area is 86.5 Å². The van der Waals surface area contributed by atoms with Gasteiger partial charge < -0.3 is 9.97 Å². The molecule has 1 aliphatic carbocycles. The van der Waals surface area contributed by atoms with Crippen molar-refractivity contribution in [1.82, 2.24) is 15.0 Å². The average Bonchev–Trinajstić information content (AvgIpc) is 2.90. The van der Waals surface area contributed by atoms with E-state index in [1.807, 2.05) is 0 Å². The Morgan fingerprint density at radius 3 is 3.20 bits per heavy atom. The largest absolute Gasteiger partial charge is 0.356 e. The molecule has 0 aliphatic heterocycles. The monoisotopic (exact) mass is 197 g/mol. The topological polar surface area (TPSA) is 44.5 Å². The summed E-state index contributed by atoms with van der Waals surface area (Å²) in [5.74, 6) is 0. The number of nitrogens with one attached hydrogen (secondary N) is 2. The van der Waals surface area contributed by atoms with Crippen LogP contribution in [0.4, 0.5) is 0 Å². The van der Waals surface area contributed by atoms with Crippen molar-refractivity contribution >= 4 is 21.9 Å². The highest BCUT2D eigenvalue weighted by Gasteiger charge is 2.18. The first-order chi connectivity index (χ1) is 7.43. The van der Waals surface area contributed by atoms with E-state index in [1.54, 1.807) is 6.33 Å². The molecule has 1 aliphatic rings. The van der Waals surface area contributed by atoms with Crippen LogP contribution in [0.2, 0.25) is 0 Å². The maximum Gasteiger partial charge on any atom is 0.112 e. The molecule has 0 atom stereocenters. The molecule has 0 unspecified atom stereocenters. The van der Waals surface area contributed by atoms with Crippen LogP contribution in [0.15, 0.2) is 18.5 Å². The normalized spacial score (nSPS) is 15.2. The number of rotatable bonds is 0. The Hall–Kier alpha value is -1.77. The van der Waals surface area contributed by atoms with Crippen LogP contribution in [0.1, 0.15) is 17.7 Å². The zero-order valence-electron chi connectivity index (χ0n) is 8.30. The highest BCUT2D eigenvalue weighted by atomic mass is 14.9. The molecule has 2 N–H and O–H groups in total. The maximum atomic E-state index is 4.37. The molecule has 3 heteroatoms. The van der Waals surface area contributed by atoms with Gasteiger partial charge in [0.15, 0.2) is 0 Å². The summed E-state index contributed by atoms with van der Waals surface area (Å²) in [6, 6.07) is 4.33. The fraction of sp³-hybridized carbons (Fsp3) is 0.250. The number of hydrogen-bond donors (Lipinski definition) is 2. The van der Waals surface area contributed by atoms with E-state index in [9.17, 15) is 0 Å². The minimum absolute atomic E-state index is 1.07. The zero-order chi connectivity index (χ0) is 9.83. The Kier molecular flexibility index (Phi) is 1.21. The second kappa shape index (κ2) is 2.42. The van der Waals surface area contributed by atoms with Crippen molar-refractivity contribution in [2.45, 2.75) is 19.3 Å². The molecule has 15 heavy (non-hydrogen) atoms. The van der Waals surface area contributed by atoms with E-state index in [0.29, 0.717) is 0 Å². The Balaban J connectivity index is 2.26. The first-order valence-corrected chi connectivity index (χ1v) is 5.39. The van der Waals surface area contributed by atoms with Gasteiger partial charge in [0.25, 0.3) is 0 Å². The predicted molar refractivity (Wildman–Crippen MR) is 60.0 cm³/mol. The van der Waals surface area contributed by atoms with Crippen molar-refractivity contribution < 1.29 is 0 Å². The minimum Gasteiger partial charge on any atom is -0.356 e. The smallest absolute Gasteiger partial charge is 0.112 e. The lowest BCUT2D eigenvalue weighted by Crippen LogP contribution is -1.78. The van der Waals surface area contributed by atoms with Crippen molar-refractivity contribution in [3.05, 3.63) is 29.7 Å². The summed E-state index contributed by atoms with van der Waals surface area (Å²) >= 11 is 0. The molecule has 3 aromatic rings. The zero-order valence-corrected chi connectivity index (χ0v) is 8.30. The number of aryl methyl sites for hydroxylation is 2. The van der Waals surface area contributed by atoms with Crippen LogP contribution in [0.5, 0.6) is 0 Å². The van der Waals surface area contributed by atoms with Gasteiger partial charge in [0.2, 0.25) is 0 Å². The molecule has 1 aromatic carbocycles. The highest BCUT2D eigenvalue weighted by Crippen LogP contribution is 2.32. The van der Waals surface area contributed by atoms with Crippen LogP contribution >= 0.6 is 0 Å². The molecule has 0 saturated carbocycles. The van der Waals surface area contributed by atoms with E-state index in [2.05, 4.69) is 27.1 Å². The van der Waals surface area contributed by atoms with E-state index in [1.165, 1.54) is 41.4 Å². The van der Waals surface area contributed by atoms with Crippen LogP contribution in [-0.2, 0) is 12.8 Å². The summed E-state index contributed by atoms with van der Waals surface area (Å²) in [5, 5.41) is 1.36. The van der Waals surface area contributed by atoms with E-state index in [4.69, 9.17) is 0 Å². The minimum atomic E-state index is 1.07. The third kappa shape index (κ3) is 0.832. The molecule has 0 saturated heterocycles. The SMILES string of the molecule is c1nc2c(ccc3c4c([nH]c32)CCC4)[nH]1. The molecule has 4 rings (SSSR count). The van der Waals surface area contributed by atoms with Crippen molar-refractivity contribution in [3.63, 3.8) is 0 Å². The summed E-state index contributed by atoms with van der Waals surface area (Å²) in [6.45, 7) is 0. The number of imidazole rings is 1. The van der Waals surface area contributed by atoms with Gasteiger partial charge in [-0.15, -0.1) is 0 Å². The number of H-pyrrole nitrogens is 2. The molecule has 3 nitrogen and oxygen atoms in total. The first kappa shape index (κ1) is 7.51. The Morgan fingerprint density at radius 2 is 2.20 bits per heavy atom. The number of nitrogens with zero attached hydrogens (tertiary/aromatic N) is 1. The average molecular weight is 197 g/mol. The molecule has 0 fully saturated rings. The molecule has 2 aromatic heterocycles. The van der Waals surface area contributed by atoms with Gasteiger partial charge in [0.05, 0.1) is 17.4 Å². The van der Waals surface area contributed by atoms with E-state index in [0.717, 1.165) is 11.0 Å². The maximum absolute atomic E-state index is 4.37. The van der Waals surface area contributed by atoms with Crippen LogP contribution < -0.4 is 0 Å². The number of hydrogen-bond acceptors (Lipinski definition) is 1. The second-order valence-electron chi connectivity index (χ2n) is 4.22. The summed E-state index contributed by atoms with van der Waals surface area (Å²) in [4.78, 5) is 11.0. The summed E-state index contributed by atoms with van der Waals surface area (Å²) in [5.41, 5.74) is 6.32. The second-order valence-corrected chi connectivity index (χ2v) is 4.22. The lowest BCUT2D eigenvalue weighted by Gasteiger charge is -1.94. The molecule has 0 spiro atoms. The fourth-order valence-corrected chi connectivity index (χ4v) is 2.72. The van der Waals surface area contributed by atoms with E-state index >= 15 is 0 Å². The van der Waals surface area contributed by atoms with Crippen molar-refractivity contribution in [1.29, 1.82) is 0 Å². The van der Waals surface area contributed by atoms with E-state index in [-0.39, 0.29) is 0 Å². The van der Waals surface area contributed by atoms with Gasteiger partial charge in [-0.25, -0.2) is 4.98 Å². The Bertz CT molecular complexity index is 660. The lowest BCUT2D eigenvalue weighted by molar-refractivity contribution is 0.899. The van der Waals surface area contributed by atoms with Crippen molar-refractivity contribution in [2.75, 3.05) is 0 Å². The van der Waals surface area contributed by atoms with E-state index < -0.39 is 0 Å². The molecule has 0 bridgehead atoms. The lowest BCUT2D eigenvalue weighted by atomic mass is 10.1. The molecule has 0 radical (unpaired) electrons. The van der Waals surface area contributed by atoms with Gasteiger partial charge in [-0.3, -0.25) is 0 Å². The fourth-order valence-electron chi connectivity index (χ4n) is 2.72. The molecule has 2 heterocycles. The summed E-state index contributed by atoms with van der Waals surface area (Å²) in [6.07, 6.45) is 5.45. The van der Waals surface area contributed by atoms with Gasteiger partial charge >= 0.3 is 0 Å². The Morgan fingerprint density at radius 1 is 1.20 bits per heavy atom. The van der Waals surface area contributed by atoms with Gasteiger partial charge in [0, 0.05) is 11.1 Å². The van der Waals surface area contributed by atoms with Gasteiger partial charge in [-0.05, 0) is 30.9 Å². The van der Waals surface area contributed by atoms with Crippen LogP contribution in [-0.4, -0.2) is 15.0 Å². The first-order valence-electron chi connectivity index (χ1n) is 5.39. The van der Waals surface area contributed by atoms with Crippen LogP contribution in [0, 0.1) is 0 Å². The third-order valence-electron chi connectivity index (χ3n) is 3.41. The quantitative estimate of drug-likeness (QED) is 0.571. The highest BCUT2D eigenvalue weighted by molar-refractivity contribution is 6.03. The third-order valence-corrected chi connectivity index (χ3v) is 3.41. The molecular weight excluding hydrogens is 186 g/mol. The standard InChI is InChI=1S/C12H11N3/c1-2-7-8-4-5-10-12(14-6-13-10)11(8)15-9(7)3-1/h4-6,15H,1-3H2,(H,13,14). The van der Waals surface area contributed by atoms with Gasteiger partial charge in [0.1, 0.15) is 5.52 Å².